The minimum atomic E-state index is -0.0120. The summed E-state index contributed by atoms with van der Waals surface area (Å²) < 4.78 is 6.35. The number of nitrogens with one attached hydrogen (secondary N) is 1. The van der Waals surface area contributed by atoms with Crippen molar-refractivity contribution >= 4 is 28.6 Å². The number of ether oxygens (including phenoxy) is 1. The van der Waals surface area contributed by atoms with E-state index in [1.54, 1.807) is 22.7 Å². The van der Waals surface area contributed by atoms with Gasteiger partial charge in [0.05, 0.1) is 12.1 Å². The topological polar surface area (TPSA) is 54.5 Å². The van der Waals surface area contributed by atoms with Crippen molar-refractivity contribution in [1.82, 2.24) is 15.2 Å². The van der Waals surface area contributed by atoms with Gasteiger partial charge in [-0.15, -0.1) is 11.3 Å². The summed E-state index contributed by atoms with van der Waals surface area (Å²) in [6.45, 7) is 2.94. The van der Waals surface area contributed by atoms with Crippen LogP contribution in [-0.2, 0) is 17.8 Å². The van der Waals surface area contributed by atoms with Gasteiger partial charge < -0.3 is 10.1 Å². The largest absolute Gasteiger partial charge is 0.484 e. The van der Waals surface area contributed by atoms with E-state index in [0.29, 0.717) is 13.0 Å². The number of hydrogen-bond donors (Lipinski definition) is 1. The first-order chi connectivity index (χ1) is 16.2. The average molecular weight is 476 g/mol. The Morgan fingerprint density at radius 2 is 1.94 bits per heavy atom. The summed E-state index contributed by atoms with van der Waals surface area (Å²) in [6.07, 6.45) is 0.286. The molecule has 0 spiro atoms. The van der Waals surface area contributed by atoms with Crippen molar-refractivity contribution in [2.45, 2.75) is 19.1 Å². The first-order valence-corrected chi connectivity index (χ1v) is 12.8. The van der Waals surface area contributed by atoms with Crippen molar-refractivity contribution in [2.75, 3.05) is 19.6 Å². The molecular formula is C26H25N3O2S2. The highest BCUT2D eigenvalue weighted by Crippen LogP contribution is 2.31. The Labute approximate surface area is 201 Å². The fourth-order valence-corrected chi connectivity index (χ4v) is 5.49. The van der Waals surface area contributed by atoms with Crippen LogP contribution in [-0.4, -0.2) is 35.4 Å². The molecule has 0 aliphatic carbocycles. The lowest BCUT2D eigenvalue weighted by molar-refractivity contribution is -0.120. The summed E-state index contributed by atoms with van der Waals surface area (Å²) in [5, 5.41) is 10.2. The second-order valence-corrected chi connectivity index (χ2v) is 9.68. The van der Waals surface area contributed by atoms with Crippen molar-refractivity contribution in [1.29, 1.82) is 0 Å². The van der Waals surface area contributed by atoms with Crippen LogP contribution in [0.15, 0.2) is 76.8 Å². The van der Waals surface area contributed by atoms with Gasteiger partial charge in [-0.3, -0.25) is 9.69 Å². The molecule has 3 heterocycles. The molecule has 2 aromatic heterocycles. The fourth-order valence-electron chi connectivity index (χ4n) is 3.96. The Bertz CT molecular complexity index is 1190. The molecule has 5 rings (SSSR count). The number of carbonyl (C=O) groups excluding carboxylic acids is 1. The van der Waals surface area contributed by atoms with Crippen LogP contribution < -0.4 is 10.1 Å². The second-order valence-electron chi connectivity index (χ2n) is 8.04. The molecule has 1 unspecified atom stereocenters. The predicted molar refractivity (Wildman–Crippen MR) is 134 cm³/mol. The first-order valence-electron chi connectivity index (χ1n) is 11.0. The molecule has 0 saturated heterocycles. The van der Waals surface area contributed by atoms with Gasteiger partial charge in [0, 0.05) is 48.2 Å². The van der Waals surface area contributed by atoms with E-state index in [-0.39, 0.29) is 12.0 Å². The number of nitrogens with zero attached hydrogens (tertiary/aromatic N) is 2. The number of thiophene rings is 1. The van der Waals surface area contributed by atoms with Crippen molar-refractivity contribution in [2.24, 2.45) is 0 Å². The zero-order valence-corrected chi connectivity index (χ0v) is 19.8. The third kappa shape index (κ3) is 5.50. The highest BCUT2D eigenvalue weighted by Gasteiger charge is 2.24. The maximum absolute atomic E-state index is 12.5. The average Bonchev–Trinajstić information content (AvgIpc) is 3.50. The third-order valence-corrected chi connectivity index (χ3v) is 7.28. The van der Waals surface area contributed by atoms with E-state index in [1.165, 1.54) is 11.1 Å². The molecule has 168 valence electrons. The van der Waals surface area contributed by atoms with Gasteiger partial charge in [-0.2, -0.15) is 11.3 Å². The highest BCUT2D eigenvalue weighted by atomic mass is 32.1. The van der Waals surface area contributed by atoms with Crippen LogP contribution in [0.1, 0.15) is 22.9 Å². The van der Waals surface area contributed by atoms with Gasteiger partial charge >= 0.3 is 0 Å². The van der Waals surface area contributed by atoms with E-state index in [4.69, 9.17) is 4.74 Å². The zero-order chi connectivity index (χ0) is 22.5. The Hall–Kier alpha value is -3.00. The van der Waals surface area contributed by atoms with Crippen molar-refractivity contribution in [3.8, 4) is 16.3 Å². The van der Waals surface area contributed by atoms with E-state index in [0.717, 1.165) is 41.6 Å². The standard InChI is InChI=1S/C26H25N3O2S2/c30-25(14-22-18-33-26(28-22)19-6-2-1-3-7-19)27-11-12-29-15-20-8-4-5-9-23(20)31-24(16-29)21-10-13-32-17-21/h1-10,13,17-18,24H,11-12,14-16H2,(H,27,30). The number of fused-ring (bicyclic) bond motifs is 1. The molecule has 7 heteroatoms. The molecule has 5 nitrogen and oxygen atoms in total. The molecule has 1 atom stereocenters. The number of hydrogen-bond acceptors (Lipinski definition) is 6. The van der Waals surface area contributed by atoms with Crippen molar-refractivity contribution < 1.29 is 9.53 Å². The number of amides is 1. The Kier molecular flexibility index (Phi) is 6.81. The van der Waals surface area contributed by atoms with Crippen LogP contribution >= 0.6 is 22.7 Å². The summed E-state index contributed by atoms with van der Waals surface area (Å²) in [5.41, 5.74) is 4.27. The van der Waals surface area contributed by atoms with E-state index in [2.05, 4.69) is 38.1 Å². The lowest BCUT2D eigenvalue weighted by atomic mass is 10.2. The van der Waals surface area contributed by atoms with Gasteiger partial charge in [-0.25, -0.2) is 4.98 Å². The van der Waals surface area contributed by atoms with Crippen LogP contribution in [0.4, 0.5) is 0 Å². The van der Waals surface area contributed by atoms with Crippen LogP contribution in [0.5, 0.6) is 5.75 Å². The van der Waals surface area contributed by atoms with Crippen molar-refractivity contribution in [3.05, 3.63) is 93.6 Å². The lowest BCUT2D eigenvalue weighted by Gasteiger charge is -2.23. The van der Waals surface area contributed by atoms with Crippen LogP contribution in [0.2, 0.25) is 0 Å². The monoisotopic (exact) mass is 475 g/mol. The van der Waals surface area contributed by atoms with E-state index in [9.17, 15) is 4.79 Å². The van der Waals surface area contributed by atoms with Gasteiger partial charge in [0.1, 0.15) is 16.9 Å². The Morgan fingerprint density at radius 3 is 2.79 bits per heavy atom. The maximum Gasteiger partial charge on any atom is 0.226 e. The molecule has 0 radical (unpaired) electrons. The molecular weight excluding hydrogens is 450 g/mol. The van der Waals surface area contributed by atoms with E-state index >= 15 is 0 Å². The number of rotatable bonds is 7. The summed E-state index contributed by atoms with van der Waals surface area (Å²) in [5.74, 6) is 0.943. The molecule has 1 amide bonds. The van der Waals surface area contributed by atoms with Gasteiger partial charge in [-0.05, 0) is 22.9 Å². The van der Waals surface area contributed by atoms with Gasteiger partial charge in [0.25, 0.3) is 0 Å². The third-order valence-electron chi connectivity index (χ3n) is 5.64. The molecule has 2 aromatic carbocycles. The van der Waals surface area contributed by atoms with Crippen LogP contribution in [0.3, 0.4) is 0 Å². The lowest BCUT2D eigenvalue weighted by Crippen LogP contribution is -2.37. The smallest absolute Gasteiger partial charge is 0.226 e. The second kappa shape index (κ2) is 10.3. The quantitative estimate of drug-likeness (QED) is 0.401. The minimum Gasteiger partial charge on any atom is -0.484 e. The van der Waals surface area contributed by atoms with Crippen LogP contribution in [0, 0.1) is 0 Å². The normalized spacial score (nSPS) is 15.9. The maximum atomic E-state index is 12.5. The Balaban J connectivity index is 1.17. The molecule has 4 aromatic rings. The molecule has 1 N–H and O–H groups in total. The molecule has 0 fully saturated rings. The summed E-state index contributed by atoms with van der Waals surface area (Å²) >= 11 is 3.26. The fraction of sp³-hybridized carbons (Fsp3) is 0.231. The summed E-state index contributed by atoms with van der Waals surface area (Å²) in [7, 11) is 0. The number of carbonyl (C=O) groups is 1. The highest BCUT2D eigenvalue weighted by molar-refractivity contribution is 7.13. The van der Waals surface area contributed by atoms with E-state index in [1.807, 2.05) is 53.9 Å². The number of aromatic nitrogens is 1. The zero-order valence-electron chi connectivity index (χ0n) is 18.1. The number of thiazole rings is 1. The number of benzene rings is 2. The van der Waals surface area contributed by atoms with Crippen LogP contribution in [0.25, 0.3) is 10.6 Å². The molecule has 1 aliphatic rings. The van der Waals surface area contributed by atoms with Gasteiger partial charge in [0.2, 0.25) is 5.91 Å². The minimum absolute atomic E-state index is 0.000711. The summed E-state index contributed by atoms with van der Waals surface area (Å²) in [4.78, 5) is 19.5. The predicted octanol–water partition coefficient (Wildman–Crippen LogP) is 5.17. The molecule has 1 aliphatic heterocycles. The first kappa shape index (κ1) is 21.8. The summed E-state index contributed by atoms with van der Waals surface area (Å²) in [6, 6.07) is 20.4. The van der Waals surface area contributed by atoms with E-state index < -0.39 is 0 Å². The molecule has 33 heavy (non-hydrogen) atoms. The SMILES string of the molecule is O=C(Cc1csc(-c2ccccc2)n1)NCCN1Cc2ccccc2OC(c2ccsc2)C1. The number of para-hydroxylation sites is 1. The van der Waals surface area contributed by atoms with Crippen molar-refractivity contribution in [3.63, 3.8) is 0 Å². The van der Waals surface area contributed by atoms with Gasteiger partial charge in [-0.1, -0.05) is 48.5 Å². The van der Waals surface area contributed by atoms with Gasteiger partial charge in [0.15, 0.2) is 0 Å². The Morgan fingerprint density at radius 1 is 1.09 bits per heavy atom. The molecule has 0 saturated carbocycles. The molecule has 0 bridgehead atoms.